The van der Waals surface area contributed by atoms with E-state index in [1.807, 2.05) is 0 Å². The quantitative estimate of drug-likeness (QED) is 0.749. The molecule has 0 saturated carbocycles. The van der Waals surface area contributed by atoms with Gasteiger partial charge >= 0.3 is 0 Å². The molecule has 4 heteroatoms. The van der Waals surface area contributed by atoms with Crippen molar-refractivity contribution in [1.29, 1.82) is 0 Å². The van der Waals surface area contributed by atoms with E-state index in [4.69, 9.17) is 10.6 Å². The molecule has 4 nitrogen and oxygen atoms in total. The van der Waals surface area contributed by atoms with E-state index in [9.17, 15) is 0 Å². The molecule has 2 N–H and O–H groups in total. The van der Waals surface area contributed by atoms with Crippen molar-refractivity contribution in [3.8, 4) is 0 Å². The summed E-state index contributed by atoms with van der Waals surface area (Å²) in [4.78, 5) is 0. The predicted molar refractivity (Wildman–Crippen MR) is 87.9 cm³/mol. The first-order valence-corrected chi connectivity index (χ1v) is 7.79. The highest BCUT2D eigenvalue weighted by molar-refractivity contribution is 5.28. The Morgan fingerprint density at radius 3 is 2.52 bits per heavy atom. The molecule has 21 heavy (non-hydrogen) atoms. The monoisotopic (exact) mass is 293 g/mol. The lowest BCUT2D eigenvalue weighted by atomic mass is 9.86. The Balaban J connectivity index is 2.73. The fourth-order valence-corrected chi connectivity index (χ4v) is 2.31. The van der Waals surface area contributed by atoms with Gasteiger partial charge in [-0.25, -0.2) is 0 Å². The van der Waals surface area contributed by atoms with Crippen LogP contribution in [0.2, 0.25) is 0 Å². The smallest absolute Gasteiger partial charge is 0.111 e. The van der Waals surface area contributed by atoms with Crippen LogP contribution < -0.4 is 5.12 Å². The first-order valence-electron chi connectivity index (χ1n) is 7.79. The Bertz CT molecular complexity index is 415. The van der Waals surface area contributed by atoms with Gasteiger partial charge in [0.1, 0.15) is 6.54 Å². The molecular formula is C17H31N3O. The summed E-state index contributed by atoms with van der Waals surface area (Å²) in [6.07, 6.45) is 1.05. The molecule has 0 spiro atoms. The topological polar surface area (TPSA) is 40.7 Å². The number of methoxy groups -OCH3 is 1. The van der Waals surface area contributed by atoms with Crippen molar-refractivity contribution >= 4 is 0 Å². The minimum Gasteiger partial charge on any atom is -0.448 e. The summed E-state index contributed by atoms with van der Waals surface area (Å²) >= 11 is 0. The number of nitrogens with one attached hydrogen (secondary N) is 2. The maximum absolute atomic E-state index is 8.36. The first kappa shape index (κ1) is 18.1. The predicted octanol–water partition coefficient (Wildman–Crippen LogP) is 2.61. The minimum absolute atomic E-state index is 0.150. The molecule has 1 unspecified atom stereocenters. The number of quaternary nitrogens is 1. The fourth-order valence-electron chi connectivity index (χ4n) is 2.31. The zero-order valence-corrected chi connectivity index (χ0v) is 14.2. The van der Waals surface area contributed by atoms with E-state index < -0.39 is 0 Å². The van der Waals surface area contributed by atoms with Crippen molar-refractivity contribution < 1.29 is 9.85 Å². The van der Waals surface area contributed by atoms with Gasteiger partial charge in [-0.2, -0.15) is 5.01 Å². The summed E-state index contributed by atoms with van der Waals surface area (Å²) in [7, 11) is 1.71. The zero-order chi connectivity index (χ0) is 15.9. The van der Waals surface area contributed by atoms with Crippen molar-refractivity contribution in [1.82, 2.24) is 5.01 Å². The van der Waals surface area contributed by atoms with E-state index in [1.165, 1.54) is 11.1 Å². The molecule has 0 radical (unpaired) electrons. The molecule has 1 aromatic carbocycles. The second kappa shape index (κ2) is 8.49. The van der Waals surface area contributed by atoms with Gasteiger partial charge in [0.25, 0.3) is 0 Å². The van der Waals surface area contributed by atoms with Crippen LogP contribution >= 0.6 is 0 Å². The summed E-state index contributed by atoms with van der Waals surface area (Å²) in [5.41, 5.74) is 2.69. The normalized spacial score (nSPS) is 13.7. The minimum atomic E-state index is 0.150. The van der Waals surface area contributed by atoms with Crippen LogP contribution in [0.3, 0.4) is 0 Å². The van der Waals surface area contributed by atoms with Gasteiger partial charge in [-0.3, -0.25) is 0 Å². The standard InChI is InChI=1S/C17H31N3O/c1-6-10-19(11-12-21-5)20(18)14-15-8-7-9-16(13-15)17(2,3)4/h7-9,13,18,20H,6,10-12,14H2,1-5H3. The van der Waals surface area contributed by atoms with E-state index in [-0.39, 0.29) is 5.41 Å². The molecule has 0 saturated heterocycles. The molecule has 0 aromatic heterocycles. The van der Waals surface area contributed by atoms with E-state index in [0.29, 0.717) is 18.3 Å². The Hall–Kier alpha value is -0.940. The van der Waals surface area contributed by atoms with Crippen molar-refractivity contribution in [2.75, 3.05) is 26.8 Å². The highest BCUT2D eigenvalue weighted by atomic mass is 16.5. The zero-order valence-electron chi connectivity index (χ0n) is 14.2. The molecule has 1 aromatic rings. The lowest BCUT2D eigenvalue weighted by molar-refractivity contribution is -0.985. The second-order valence-electron chi connectivity index (χ2n) is 6.55. The Morgan fingerprint density at radius 1 is 1.24 bits per heavy atom. The van der Waals surface area contributed by atoms with Crippen LogP contribution in [0.5, 0.6) is 0 Å². The fraction of sp³-hybridized carbons (Fsp3) is 0.647. The van der Waals surface area contributed by atoms with Gasteiger partial charge in [-0.15, -0.1) is 0 Å². The van der Waals surface area contributed by atoms with Gasteiger partial charge in [0.05, 0.1) is 13.2 Å². The SMILES string of the molecule is CCCN(CCOC)[NH+]([NH-])Cc1cccc(C(C)(C)C)c1. The first-order chi connectivity index (χ1) is 9.88. The number of hydrogen-bond donors (Lipinski definition) is 1. The Kier molecular flexibility index (Phi) is 7.32. The molecule has 0 heterocycles. The van der Waals surface area contributed by atoms with Crippen LogP contribution in [-0.4, -0.2) is 31.8 Å². The maximum Gasteiger partial charge on any atom is 0.111 e. The number of benzene rings is 1. The summed E-state index contributed by atoms with van der Waals surface area (Å²) in [5, 5.41) is 2.80. The largest absolute Gasteiger partial charge is 0.448 e. The molecule has 1 atom stereocenters. The number of nitrogens with zero attached hydrogens (tertiary/aromatic N) is 1. The summed E-state index contributed by atoms with van der Waals surface area (Å²) in [5.74, 6) is 8.36. The average molecular weight is 293 g/mol. The van der Waals surface area contributed by atoms with Gasteiger partial charge < -0.3 is 15.7 Å². The molecule has 0 fully saturated rings. The van der Waals surface area contributed by atoms with E-state index >= 15 is 0 Å². The summed E-state index contributed by atoms with van der Waals surface area (Å²) < 4.78 is 5.14. The average Bonchev–Trinajstić information content (AvgIpc) is 2.42. The van der Waals surface area contributed by atoms with Crippen molar-refractivity contribution in [3.05, 3.63) is 41.2 Å². The van der Waals surface area contributed by atoms with Gasteiger partial charge in [-0.1, -0.05) is 45.9 Å². The van der Waals surface area contributed by atoms with E-state index in [2.05, 4.69) is 57.0 Å². The Labute approximate surface area is 129 Å². The van der Waals surface area contributed by atoms with Crippen LogP contribution in [0.25, 0.3) is 5.84 Å². The number of hydrogen-bond acceptors (Lipinski definition) is 2. The molecule has 0 amide bonds. The van der Waals surface area contributed by atoms with Gasteiger partial charge in [0.2, 0.25) is 0 Å². The summed E-state index contributed by atoms with van der Waals surface area (Å²) in [6, 6.07) is 8.61. The highest BCUT2D eigenvalue weighted by Crippen LogP contribution is 2.22. The van der Waals surface area contributed by atoms with Gasteiger partial charge in [0, 0.05) is 19.2 Å². The van der Waals surface area contributed by atoms with Crippen LogP contribution in [0.15, 0.2) is 24.3 Å². The van der Waals surface area contributed by atoms with Crippen LogP contribution in [0.1, 0.15) is 45.2 Å². The molecule has 120 valence electrons. The van der Waals surface area contributed by atoms with Gasteiger partial charge in [-0.05, 0) is 23.5 Å². The lowest BCUT2D eigenvalue weighted by Gasteiger charge is -2.33. The molecule has 0 bridgehead atoms. The molecule has 0 aliphatic heterocycles. The van der Waals surface area contributed by atoms with Gasteiger partial charge in [0.15, 0.2) is 0 Å². The van der Waals surface area contributed by atoms with Crippen LogP contribution in [0.4, 0.5) is 0 Å². The summed E-state index contributed by atoms with van der Waals surface area (Å²) in [6.45, 7) is 11.9. The number of ether oxygens (including phenoxy) is 1. The third kappa shape index (κ3) is 6.14. The van der Waals surface area contributed by atoms with Crippen LogP contribution in [-0.2, 0) is 16.7 Å². The molecule has 0 aliphatic carbocycles. The Morgan fingerprint density at radius 2 is 1.95 bits per heavy atom. The third-order valence-corrected chi connectivity index (χ3v) is 3.61. The van der Waals surface area contributed by atoms with Crippen molar-refractivity contribution in [3.63, 3.8) is 0 Å². The lowest BCUT2D eigenvalue weighted by Crippen LogP contribution is -3.11. The second-order valence-corrected chi connectivity index (χ2v) is 6.55. The van der Waals surface area contributed by atoms with Crippen molar-refractivity contribution in [2.45, 2.75) is 46.1 Å². The molecular weight excluding hydrogens is 262 g/mol. The van der Waals surface area contributed by atoms with E-state index in [0.717, 1.165) is 19.5 Å². The number of rotatable bonds is 8. The molecule has 1 rings (SSSR count). The van der Waals surface area contributed by atoms with Crippen molar-refractivity contribution in [2.24, 2.45) is 0 Å². The highest BCUT2D eigenvalue weighted by Gasteiger charge is 2.15. The molecule has 0 aliphatic rings. The maximum atomic E-state index is 8.36. The van der Waals surface area contributed by atoms with E-state index in [1.54, 1.807) is 7.11 Å². The van der Waals surface area contributed by atoms with Crippen LogP contribution in [0, 0.1) is 0 Å². The third-order valence-electron chi connectivity index (χ3n) is 3.61.